The Kier molecular flexibility index (Phi) is 10.0. The summed E-state index contributed by atoms with van der Waals surface area (Å²) in [5, 5.41) is 10.3. The van der Waals surface area contributed by atoms with Gasteiger partial charge in [-0.05, 0) is 49.4 Å². The van der Waals surface area contributed by atoms with E-state index in [0.29, 0.717) is 25.1 Å². The highest BCUT2D eigenvalue weighted by Gasteiger charge is 2.31. The summed E-state index contributed by atoms with van der Waals surface area (Å²) >= 11 is 0. The van der Waals surface area contributed by atoms with E-state index in [1.54, 1.807) is 6.07 Å². The molecule has 218 valence electrons. The fourth-order valence-corrected chi connectivity index (χ4v) is 5.67. The topological polar surface area (TPSA) is 66.8 Å². The van der Waals surface area contributed by atoms with E-state index in [9.17, 15) is 31.1 Å². The van der Waals surface area contributed by atoms with Crippen LogP contribution in [0.15, 0.2) is 71.6 Å². The van der Waals surface area contributed by atoms with Gasteiger partial charge < -0.3 is 9.84 Å². The van der Waals surface area contributed by atoms with Crippen molar-refractivity contribution < 1.29 is 35.8 Å². The van der Waals surface area contributed by atoms with Gasteiger partial charge in [-0.3, -0.25) is 4.90 Å². The minimum atomic E-state index is -4.44. The van der Waals surface area contributed by atoms with Gasteiger partial charge in [-0.25, -0.2) is 12.8 Å². The Morgan fingerprint density at radius 1 is 1.00 bits per heavy atom. The van der Waals surface area contributed by atoms with Crippen molar-refractivity contribution in [1.29, 1.82) is 0 Å². The monoisotopic (exact) mass is 581 g/mol. The highest BCUT2D eigenvalue weighted by atomic mass is 32.2. The number of nitrogens with zero attached hydrogens (tertiary/aromatic N) is 1. The van der Waals surface area contributed by atoms with Crippen LogP contribution in [-0.4, -0.2) is 44.4 Å². The molecule has 0 spiro atoms. The van der Waals surface area contributed by atoms with Crippen LogP contribution in [0, 0.1) is 5.82 Å². The Bertz CT molecular complexity index is 1390. The van der Waals surface area contributed by atoms with E-state index in [1.165, 1.54) is 26.0 Å². The summed E-state index contributed by atoms with van der Waals surface area (Å²) in [7, 11) is -3.86. The predicted molar refractivity (Wildman–Crippen MR) is 146 cm³/mol. The summed E-state index contributed by atoms with van der Waals surface area (Å²) < 4.78 is 84.9. The van der Waals surface area contributed by atoms with Crippen molar-refractivity contribution in [2.45, 2.75) is 56.3 Å². The Labute approximate surface area is 233 Å². The van der Waals surface area contributed by atoms with Gasteiger partial charge in [0.1, 0.15) is 11.6 Å². The van der Waals surface area contributed by atoms with Gasteiger partial charge in [0.15, 0.2) is 9.84 Å². The number of hydrogen-bond donors (Lipinski definition) is 1. The van der Waals surface area contributed by atoms with Gasteiger partial charge in [0.25, 0.3) is 0 Å². The van der Waals surface area contributed by atoms with E-state index in [2.05, 4.69) is 0 Å². The summed E-state index contributed by atoms with van der Waals surface area (Å²) in [6, 6.07) is 17.3. The van der Waals surface area contributed by atoms with Gasteiger partial charge in [-0.15, -0.1) is 0 Å². The zero-order valence-electron chi connectivity index (χ0n) is 23.0. The molecule has 0 aliphatic carbocycles. The van der Waals surface area contributed by atoms with Crippen LogP contribution in [0.5, 0.6) is 5.75 Å². The number of rotatable bonds is 12. The average Bonchev–Trinajstić information content (AvgIpc) is 2.85. The molecule has 1 atom stereocenters. The van der Waals surface area contributed by atoms with Gasteiger partial charge >= 0.3 is 6.18 Å². The molecule has 5 nitrogen and oxygen atoms in total. The second-order valence-electron chi connectivity index (χ2n) is 10.6. The maximum Gasteiger partial charge on any atom is 0.416 e. The van der Waals surface area contributed by atoms with Crippen molar-refractivity contribution in [3.63, 3.8) is 0 Å². The van der Waals surface area contributed by atoms with Crippen molar-refractivity contribution in [2.75, 3.05) is 26.0 Å². The molecular formula is C30H35F4NO4S. The molecule has 3 aromatic rings. The molecule has 0 radical (unpaired) electrons. The Morgan fingerprint density at radius 2 is 1.68 bits per heavy atom. The van der Waals surface area contributed by atoms with Gasteiger partial charge in [0, 0.05) is 37.5 Å². The van der Waals surface area contributed by atoms with Crippen molar-refractivity contribution >= 4 is 9.84 Å². The fourth-order valence-electron chi connectivity index (χ4n) is 4.62. The minimum Gasteiger partial charge on any atom is -0.493 e. The smallest absolute Gasteiger partial charge is 0.416 e. The van der Waals surface area contributed by atoms with Crippen LogP contribution in [0.4, 0.5) is 17.6 Å². The number of alkyl halides is 3. The normalized spacial score (nSPS) is 13.4. The standard InChI is InChI=1S/C30H35F4NO4S/c1-21(23-11-6-5-7-12-23)19-35(20-22-10-8-13-24(16-22)30(32,33)34)14-9-15-39-25-17-26(31)28(29(2,3)36)27(18-25)40(4,37)38/h5-8,10-13,16-18,21,36H,9,14-15,19-20H2,1-4H3. The number of sulfone groups is 1. The maximum absolute atomic E-state index is 14.8. The molecule has 0 saturated carbocycles. The van der Waals surface area contributed by atoms with Crippen molar-refractivity contribution in [3.8, 4) is 5.75 Å². The molecule has 0 aromatic heterocycles. The molecule has 0 amide bonds. The third-order valence-corrected chi connectivity index (χ3v) is 7.61. The molecule has 0 heterocycles. The van der Waals surface area contributed by atoms with Gasteiger partial charge in [-0.2, -0.15) is 13.2 Å². The van der Waals surface area contributed by atoms with Crippen molar-refractivity contribution in [1.82, 2.24) is 4.90 Å². The van der Waals surface area contributed by atoms with Crippen LogP contribution >= 0.6 is 0 Å². The second kappa shape index (κ2) is 12.7. The molecule has 0 fully saturated rings. The summed E-state index contributed by atoms with van der Waals surface area (Å²) in [4.78, 5) is 1.69. The Hall–Kier alpha value is -2.95. The van der Waals surface area contributed by atoms with E-state index in [-0.39, 0.29) is 35.3 Å². The molecule has 0 aliphatic rings. The molecule has 1 N–H and O–H groups in total. The Balaban J connectivity index is 1.74. The second-order valence-corrected chi connectivity index (χ2v) is 12.5. The number of halogens is 4. The molecule has 40 heavy (non-hydrogen) atoms. The molecule has 10 heteroatoms. The molecule has 3 rings (SSSR count). The van der Waals surface area contributed by atoms with E-state index in [4.69, 9.17) is 4.74 Å². The summed E-state index contributed by atoms with van der Waals surface area (Å²) in [6.45, 7) is 6.10. The zero-order chi connectivity index (χ0) is 29.7. The number of benzene rings is 3. The van der Waals surface area contributed by atoms with Crippen molar-refractivity contribution in [2.24, 2.45) is 0 Å². The number of ether oxygens (including phenoxy) is 1. The average molecular weight is 582 g/mol. The van der Waals surface area contributed by atoms with Crippen LogP contribution in [0.3, 0.4) is 0 Å². The van der Waals surface area contributed by atoms with Gasteiger partial charge in [0.2, 0.25) is 0 Å². The largest absolute Gasteiger partial charge is 0.493 e. The van der Waals surface area contributed by atoms with Crippen LogP contribution in [-0.2, 0) is 28.2 Å². The first-order valence-corrected chi connectivity index (χ1v) is 14.8. The predicted octanol–water partition coefficient (Wildman–Crippen LogP) is 6.55. The first-order valence-electron chi connectivity index (χ1n) is 12.9. The highest BCUT2D eigenvalue weighted by Crippen LogP contribution is 2.33. The molecule has 0 aliphatic heterocycles. The maximum atomic E-state index is 14.8. The van der Waals surface area contributed by atoms with E-state index in [0.717, 1.165) is 30.0 Å². The minimum absolute atomic E-state index is 0.00741. The first kappa shape index (κ1) is 31.6. The molecule has 0 saturated heterocycles. The van der Waals surface area contributed by atoms with Crippen LogP contribution in [0.25, 0.3) is 0 Å². The number of aliphatic hydroxyl groups is 1. The van der Waals surface area contributed by atoms with Crippen LogP contribution in [0.1, 0.15) is 55.4 Å². The molecule has 3 aromatic carbocycles. The number of hydrogen-bond acceptors (Lipinski definition) is 5. The van der Waals surface area contributed by atoms with E-state index < -0.39 is 33.0 Å². The lowest BCUT2D eigenvalue weighted by atomic mass is 9.97. The van der Waals surface area contributed by atoms with E-state index >= 15 is 0 Å². The third kappa shape index (κ3) is 8.78. The summed E-state index contributed by atoms with van der Waals surface area (Å²) in [6.07, 6.45) is -3.06. The fraction of sp³-hybridized carbons (Fsp3) is 0.400. The lowest BCUT2D eigenvalue weighted by molar-refractivity contribution is -0.137. The first-order chi connectivity index (χ1) is 18.6. The third-order valence-electron chi connectivity index (χ3n) is 6.49. The Morgan fingerprint density at radius 3 is 2.27 bits per heavy atom. The quantitative estimate of drug-likeness (QED) is 0.194. The highest BCUT2D eigenvalue weighted by molar-refractivity contribution is 7.90. The van der Waals surface area contributed by atoms with Crippen LogP contribution < -0.4 is 4.74 Å². The molecule has 0 bridgehead atoms. The summed E-state index contributed by atoms with van der Waals surface area (Å²) in [5.74, 6) is -0.782. The molecular weight excluding hydrogens is 546 g/mol. The van der Waals surface area contributed by atoms with Crippen LogP contribution in [0.2, 0.25) is 0 Å². The van der Waals surface area contributed by atoms with Crippen molar-refractivity contribution in [3.05, 3.63) is 94.8 Å². The molecule has 1 unspecified atom stereocenters. The summed E-state index contributed by atoms with van der Waals surface area (Å²) in [5.41, 5.74) is -1.13. The zero-order valence-corrected chi connectivity index (χ0v) is 23.8. The SMILES string of the molecule is CC(CN(CCCOc1cc(F)c(C(C)(C)O)c(S(C)(=O)=O)c1)Cc1cccc(C(F)(F)F)c1)c1ccccc1. The lowest BCUT2D eigenvalue weighted by Crippen LogP contribution is -2.29. The van der Waals surface area contributed by atoms with E-state index in [1.807, 2.05) is 42.2 Å². The van der Waals surface area contributed by atoms with Gasteiger partial charge in [0.05, 0.1) is 22.7 Å². The lowest BCUT2D eigenvalue weighted by Gasteiger charge is -2.26. The van der Waals surface area contributed by atoms with Gasteiger partial charge in [-0.1, -0.05) is 55.5 Å².